The lowest BCUT2D eigenvalue weighted by Crippen LogP contribution is -2.62. The number of primary amides is 1. The molecule has 22 N–H and O–H groups in total. The number of nitrogens with two attached hydrogens (primary N) is 4. The number of unbranched alkanes of at least 4 members (excludes halogenated alkanes) is 1. The third kappa shape index (κ3) is 27.3. The monoisotopic (exact) mass is 1440 g/mol. The molecule has 14 amide bonds. The summed E-state index contributed by atoms with van der Waals surface area (Å²) in [7, 11) is 0. The Balaban J connectivity index is 1.82. The smallest absolute Gasteiger partial charge is 0.305 e. The number of aldehydes is 1. The molecule has 0 bridgehead atoms. The summed E-state index contributed by atoms with van der Waals surface area (Å²) in [4.78, 5) is 220. The molecule has 14 atom stereocenters. The first kappa shape index (κ1) is 84.1. The minimum atomic E-state index is -1.87. The Morgan fingerprint density at radius 1 is 0.602 bits per heavy atom. The maximum absolute atomic E-state index is 14.3. The molecule has 0 radical (unpaired) electrons. The first-order valence-corrected chi connectivity index (χ1v) is 34.0. The predicted octanol–water partition coefficient (Wildman–Crippen LogP) is -8.57. The number of nitrogens with one attached hydrogen (secondary N) is 11. The van der Waals surface area contributed by atoms with Crippen LogP contribution in [0.2, 0.25) is 0 Å². The molecule has 0 unspecified atom stereocenters. The van der Waals surface area contributed by atoms with Crippen LogP contribution in [0.25, 0.3) is 0 Å². The molecule has 0 aromatic rings. The summed E-state index contributed by atoms with van der Waals surface area (Å²) in [6.07, 6.45) is -1.67. The number of rotatable bonds is 43. The number of aliphatic hydroxyl groups is 2. The van der Waals surface area contributed by atoms with Crippen molar-refractivity contribution in [1.82, 2.24) is 68.3 Å². The van der Waals surface area contributed by atoms with E-state index >= 15 is 0 Å². The van der Waals surface area contributed by atoms with E-state index in [2.05, 4.69) is 101 Å². The van der Waals surface area contributed by atoms with Crippen LogP contribution < -0.4 is 81.4 Å². The van der Waals surface area contributed by atoms with Gasteiger partial charge in [0.1, 0.15) is 84.8 Å². The van der Waals surface area contributed by atoms with Crippen molar-refractivity contribution in [1.29, 1.82) is 0 Å². The summed E-state index contributed by atoms with van der Waals surface area (Å²) < 4.78 is 0. The Labute approximate surface area is 582 Å². The fourth-order valence-electron chi connectivity index (χ4n) is 10.8. The minimum Gasteiger partial charge on any atom is -0.481 e. The molecule has 37 nitrogen and oxygen atoms in total. The van der Waals surface area contributed by atoms with Crippen LogP contribution >= 0.6 is 37.9 Å². The van der Waals surface area contributed by atoms with Gasteiger partial charge in [0.25, 0.3) is 0 Å². The second-order valence-electron chi connectivity index (χ2n) is 24.2. The van der Waals surface area contributed by atoms with Crippen LogP contribution in [-0.4, -0.2) is 261 Å². The minimum absolute atomic E-state index is 0.0168. The van der Waals surface area contributed by atoms with Crippen LogP contribution in [0, 0.1) is 5.92 Å². The number of amides is 14. The number of carbonyl (C=O) groups excluding carboxylic acids is 15. The number of hydrogen-bond donors (Lipinski definition) is 21. The number of likely N-dealkylation sites (tertiary alicyclic amines) is 2. The summed E-state index contributed by atoms with van der Waals surface area (Å²) >= 11 is 12.5. The van der Waals surface area contributed by atoms with E-state index in [1.807, 2.05) is 0 Å². The number of aliphatic hydroxyl groups excluding tert-OH is 2. The molecule has 0 saturated carbocycles. The molecule has 3 aliphatic rings. The van der Waals surface area contributed by atoms with E-state index in [4.69, 9.17) is 22.9 Å². The predicted molar refractivity (Wildman–Crippen MR) is 359 cm³/mol. The molecule has 3 saturated heterocycles. The number of guanidine groups is 1. The van der Waals surface area contributed by atoms with E-state index < -0.39 is 205 Å². The molecule has 3 rings (SSSR count). The van der Waals surface area contributed by atoms with Crippen molar-refractivity contribution in [3.63, 3.8) is 0 Å². The Kier molecular flexibility index (Phi) is 36.6. The third-order valence-electron chi connectivity index (χ3n) is 16.0. The quantitative estimate of drug-likeness (QED) is 0.00886. The molecule has 0 aromatic carbocycles. The van der Waals surface area contributed by atoms with E-state index in [0.717, 1.165) is 6.92 Å². The average molecular weight is 1450 g/mol. The van der Waals surface area contributed by atoms with Crippen molar-refractivity contribution in [2.75, 3.05) is 50.0 Å². The molecule has 3 aliphatic heterocycles. The molecule has 0 aromatic heterocycles. The van der Waals surface area contributed by atoms with Crippen molar-refractivity contribution >= 4 is 139 Å². The van der Waals surface area contributed by atoms with Gasteiger partial charge in [-0.05, 0) is 96.4 Å². The number of carboxylic acids is 1. The summed E-state index contributed by atoms with van der Waals surface area (Å²) in [5.74, 6) is -15.8. The standard InChI is InChI=1S/C58H96N18O19S3/c1-28(2)21-36(70-54(92)41-12-7-19-75(41)56(94)34-14-16-43(81)65-34)57(95)76-20-8-11-40(76)53(91)69-35(22-44(82)83)49(87)71-39(27-98)52(90)72-38(26-97)51(89)67-32(10-6-18-63-58(61)62)46(84)68-33(13-15-42(60)80)47(85)66-31(9-4-5-17-59)48(86)74-45(29(3)79)55(93)73-37(25-96)50(88)64-30(23-77)24-78/h23,28-41,45,78-79,96-98H,4-22,24-27,59H2,1-3H3,(H2,60,80)(H,64,88)(H,65,81)(H,66,85)(H,67,89)(H,68,84)(H,69,91)(H,70,92)(H,71,87)(H,72,90)(H,73,93)(H,74,86)(H,82,83)(H4,61,62,63)/t29-,30-,31+,32+,33+,34+,35+,36+,37+,38+,39+,40+,41+,45+/m1/s1. The van der Waals surface area contributed by atoms with Gasteiger partial charge in [0.2, 0.25) is 82.7 Å². The van der Waals surface area contributed by atoms with Gasteiger partial charge in [0.05, 0.1) is 19.1 Å². The number of thiol groups is 3. The van der Waals surface area contributed by atoms with Gasteiger partial charge in [-0.1, -0.05) is 13.8 Å². The van der Waals surface area contributed by atoms with Crippen LogP contribution in [-0.2, 0) is 76.7 Å². The highest BCUT2D eigenvalue weighted by Gasteiger charge is 2.44. The fourth-order valence-corrected chi connectivity index (χ4v) is 11.5. The molecular formula is C58H96N18O19S3. The zero-order chi connectivity index (χ0) is 73.5. The Morgan fingerprint density at radius 2 is 1.06 bits per heavy atom. The largest absolute Gasteiger partial charge is 0.481 e. The van der Waals surface area contributed by atoms with Crippen LogP contribution in [0.5, 0.6) is 0 Å². The normalized spacial score (nSPS) is 19.1. The number of aliphatic imine (C=N–C) groups is 1. The van der Waals surface area contributed by atoms with E-state index in [1.165, 1.54) is 9.80 Å². The lowest BCUT2D eigenvalue weighted by Gasteiger charge is -2.32. The van der Waals surface area contributed by atoms with E-state index in [1.54, 1.807) is 13.8 Å². The topological polar surface area (TPSA) is 589 Å². The van der Waals surface area contributed by atoms with Gasteiger partial charge in [-0.15, -0.1) is 0 Å². The summed E-state index contributed by atoms with van der Waals surface area (Å²) in [5, 5.41) is 56.5. The average Bonchev–Trinajstić information content (AvgIpc) is 1.56. The summed E-state index contributed by atoms with van der Waals surface area (Å²) in [6, 6.07) is -18.7. The molecule has 40 heteroatoms. The van der Waals surface area contributed by atoms with Crippen LogP contribution in [0.15, 0.2) is 4.99 Å². The van der Waals surface area contributed by atoms with Crippen LogP contribution in [0.1, 0.15) is 117 Å². The number of carbonyl (C=O) groups is 16. The lowest BCUT2D eigenvalue weighted by atomic mass is 10.0. The van der Waals surface area contributed by atoms with Gasteiger partial charge in [-0.3, -0.25) is 76.9 Å². The first-order valence-electron chi connectivity index (χ1n) is 32.1. The maximum Gasteiger partial charge on any atom is 0.305 e. The molecule has 0 aliphatic carbocycles. The first-order chi connectivity index (χ1) is 46.3. The lowest BCUT2D eigenvalue weighted by molar-refractivity contribution is -0.145. The van der Waals surface area contributed by atoms with E-state index in [-0.39, 0.29) is 107 Å². The Bertz CT molecular complexity index is 2880. The van der Waals surface area contributed by atoms with Gasteiger partial charge in [-0.25, -0.2) is 0 Å². The van der Waals surface area contributed by atoms with Crippen molar-refractivity contribution in [3.8, 4) is 0 Å². The fraction of sp³-hybridized carbons (Fsp3) is 0.707. The molecule has 3 fully saturated rings. The molecule has 3 heterocycles. The SMILES string of the molecule is CC(C)C[C@H](NC(=O)[C@@H]1CCCN1C(=O)[C@@H]1CCC(=O)N1)C(=O)N1CCC[C@H]1C(=O)N[C@@H](CC(=O)O)C(=O)N[C@@H](CS)C(=O)N[C@@H](CS)C(=O)N[C@@H](CCCN=C(N)N)C(=O)N[C@@H](CCC(N)=O)C(=O)N[C@@H](CCCCN)C(=O)N[C@H](C(=O)N[C@@H](CS)C(=O)N[C@H](C=O)CO)[C@@H](C)O. The Hall–Kier alpha value is -8.08. The van der Waals surface area contributed by atoms with Gasteiger partial charge in [0.15, 0.2) is 5.96 Å². The molecular weight excluding hydrogens is 1350 g/mol. The molecule has 0 spiro atoms. The highest BCUT2D eigenvalue weighted by Crippen LogP contribution is 2.24. The zero-order valence-corrected chi connectivity index (χ0v) is 57.6. The maximum atomic E-state index is 14.3. The van der Waals surface area contributed by atoms with Gasteiger partial charge in [0, 0.05) is 49.7 Å². The van der Waals surface area contributed by atoms with Crippen LogP contribution in [0.4, 0.5) is 0 Å². The van der Waals surface area contributed by atoms with Crippen molar-refractivity contribution in [2.45, 2.75) is 202 Å². The van der Waals surface area contributed by atoms with E-state index in [0.29, 0.717) is 25.7 Å². The van der Waals surface area contributed by atoms with Gasteiger partial charge < -0.3 is 111 Å². The van der Waals surface area contributed by atoms with Gasteiger partial charge in [-0.2, -0.15) is 37.9 Å². The summed E-state index contributed by atoms with van der Waals surface area (Å²) in [5.41, 5.74) is 22.1. The summed E-state index contributed by atoms with van der Waals surface area (Å²) in [6.45, 7) is 4.31. The van der Waals surface area contributed by atoms with Crippen molar-refractivity contribution in [3.05, 3.63) is 0 Å². The molecule has 550 valence electrons. The van der Waals surface area contributed by atoms with E-state index in [9.17, 15) is 92.0 Å². The Morgan fingerprint density at radius 3 is 1.52 bits per heavy atom. The second-order valence-corrected chi connectivity index (χ2v) is 25.3. The third-order valence-corrected chi connectivity index (χ3v) is 17.1. The molecule has 98 heavy (non-hydrogen) atoms. The number of carboxylic acid groups (broad SMARTS) is 1. The highest BCUT2D eigenvalue weighted by atomic mass is 32.1. The highest BCUT2D eigenvalue weighted by molar-refractivity contribution is 7.80. The number of nitrogens with zero attached hydrogens (tertiary/aromatic N) is 3. The van der Waals surface area contributed by atoms with Crippen molar-refractivity contribution in [2.24, 2.45) is 33.8 Å². The second kappa shape index (κ2) is 42.7. The number of aliphatic carboxylic acids is 1. The van der Waals surface area contributed by atoms with Crippen LogP contribution in [0.3, 0.4) is 0 Å². The van der Waals surface area contributed by atoms with Gasteiger partial charge >= 0.3 is 5.97 Å². The van der Waals surface area contributed by atoms with Crippen molar-refractivity contribution < 1.29 is 92.0 Å². The number of hydrogen-bond acceptors (Lipinski definition) is 23. The zero-order valence-electron chi connectivity index (χ0n) is 54.9.